The molecule has 0 saturated carbocycles. The first-order valence-electron chi connectivity index (χ1n) is 8.61. The normalized spacial score (nSPS) is 22.8. The summed E-state index contributed by atoms with van der Waals surface area (Å²) < 4.78 is 5.68. The molecule has 1 N–H and O–H groups in total. The van der Waals surface area contributed by atoms with E-state index in [1.165, 1.54) is 0 Å². The minimum absolute atomic E-state index is 0.00742. The minimum Gasteiger partial charge on any atom is -0.380 e. The Labute approximate surface area is 130 Å². The average molecular weight is 298 g/mol. The molecule has 1 aliphatic rings. The molecule has 0 bridgehead atoms. The Hall–Kier alpha value is -0.610. The van der Waals surface area contributed by atoms with Crippen molar-refractivity contribution in [1.29, 1.82) is 0 Å². The van der Waals surface area contributed by atoms with Crippen LogP contribution in [0.1, 0.15) is 60.3 Å². The van der Waals surface area contributed by atoms with Crippen LogP contribution in [0.15, 0.2) is 0 Å². The second-order valence-corrected chi connectivity index (χ2v) is 6.88. The number of nitrogens with zero attached hydrogens (tertiary/aromatic N) is 1. The van der Waals surface area contributed by atoms with E-state index in [9.17, 15) is 4.79 Å². The molecule has 1 fully saturated rings. The van der Waals surface area contributed by atoms with Crippen molar-refractivity contribution in [3.05, 3.63) is 0 Å². The van der Waals surface area contributed by atoms with E-state index < -0.39 is 0 Å². The molecule has 1 saturated heterocycles. The van der Waals surface area contributed by atoms with E-state index in [1.807, 2.05) is 4.90 Å². The standard InChI is InChI=1S/C17H34N2O2/c1-6-7-8-15-17(20)19(16(18-15)14(4)5)10-12-21-11-9-13(2)3/h13-16,18H,6-12H2,1-5H3. The van der Waals surface area contributed by atoms with Crippen LogP contribution in [0.4, 0.5) is 0 Å². The van der Waals surface area contributed by atoms with Gasteiger partial charge in [-0.3, -0.25) is 10.1 Å². The van der Waals surface area contributed by atoms with Gasteiger partial charge in [0.2, 0.25) is 5.91 Å². The third kappa shape index (κ3) is 5.95. The Balaban J connectivity index is 2.42. The first kappa shape index (κ1) is 18.4. The van der Waals surface area contributed by atoms with Gasteiger partial charge in [0.1, 0.15) is 0 Å². The van der Waals surface area contributed by atoms with Crippen LogP contribution in [-0.4, -0.2) is 42.8 Å². The van der Waals surface area contributed by atoms with E-state index in [4.69, 9.17) is 4.74 Å². The maximum Gasteiger partial charge on any atom is 0.241 e. The molecule has 0 spiro atoms. The van der Waals surface area contributed by atoms with Crippen molar-refractivity contribution in [1.82, 2.24) is 10.2 Å². The lowest BCUT2D eigenvalue weighted by Crippen LogP contribution is -2.43. The Morgan fingerprint density at radius 3 is 2.52 bits per heavy atom. The molecule has 4 heteroatoms. The summed E-state index contributed by atoms with van der Waals surface area (Å²) in [5.74, 6) is 1.35. The topological polar surface area (TPSA) is 41.6 Å². The average Bonchev–Trinajstić information content (AvgIpc) is 2.73. The number of nitrogens with one attached hydrogen (secondary N) is 1. The molecule has 1 aliphatic heterocycles. The number of ether oxygens (including phenoxy) is 1. The molecule has 1 rings (SSSR count). The molecule has 0 aromatic rings. The van der Waals surface area contributed by atoms with Gasteiger partial charge in [-0.1, -0.05) is 47.5 Å². The number of carbonyl (C=O) groups excluding carboxylic acids is 1. The molecule has 2 atom stereocenters. The highest BCUT2D eigenvalue weighted by Gasteiger charge is 2.39. The summed E-state index contributed by atoms with van der Waals surface area (Å²) in [7, 11) is 0. The van der Waals surface area contributed by atoms with E-state index in [0.29, 0.717) is 25.0 Å². The number of rotatable bonds is 10. The minimum atomic E-state index is 0.00742. The lowest BCUT2D eigenvalue weighted by molar-refractivity contribution is -0.131. The lowest BCUT2D eigenvalue weighted by Gasteiger charge is -2.27. The number of hydrogen-bond donors (Lipinski definition) is 1. The molecule has 21 heavy (non-hydrogen) atoms. The van der Waals surface area contributed by atoms with Crippen molar-refractivity contribution in [2.45, 2.75) is 72.5 Å². The molecule has 0 aliphatic carbocycles. The van der Waals surface area contributed by atoms with Gasteiger partial charge in [0.05, 0.1) is 18.8 Å². The van der Waals surface area contributed by atoms with Gasteiger partial charge in [0.25, 0.3) is 0 Å². The van der Waals surface area contributed by atoms with Crippen LogP contribution in [0.5, 0.6) is 0 Å². The predicted molar refractivity (Wildman–Crippen MR) is 87.1 cm³/mol. The smallest absolute Gasteiger partial charge is 0.241 e. The quantitative estimate of drug-likeness (QED) is 0.630. The molecule has 1 amide bonds. The molecular formula is C17H34N2O2. The van der Waals surface area contributed by atoms with Crippen LogP contribution < -0.4 is 5.32 Å². The molecule has 1 heterocycles. The fourth-order valence-electron chi connectivity index (χ4n) is 2.71. The highest BCUT2D eigenvalue weighted by atomic mass is 16.5. The third-order valence-corrected chi connectivity index (χ3v) is 4.08. The summed E-state index contributed by atoms with van der Waals surface area (Å²) >= 11 is 0. The van der Waals surface area contributed by atoms with Crippen molar-refractivity contribution >= 4 is 5.91 Å². The molecule has 0 aromatic heterocycles. The van der Waals surface area contributed by atoms with Gasteiger partial charge in [-0.05, 0) is 24.7 Å². The monoisotopic (exact) mass is 298 g/mol. The highest BCUT2D eigenvalue weighted by Crippen LogP contribution is 2.20. The third-order valence-electron chi connectivity index (χ3n) is 4.08. The van der Waals surface area contributed by atoms with E-state index in [0.717, 1.165) is 32.3 Å². The van der Waals surface area contributed by atoms with Gasteiger partial charge < -0.3 is 9.64 Å². The van der Waals surface area contributed by atoms with E-state index in [-0.39, 0.29) is 18.1 Å². The zero-order valence-electron chi connectivity index (χ0n) is 14.5. The maximum atomic E-state index is 12.5. The number of unbranched alkanes of at least 4 members (excludes halogenated alkanes) is 1. The summed E-state index contributed by atoms with van der Waals surface area (Å²) in [5, 5.41) is 3.51. The summed E-state index contributed by atoms with van der Waals surface area (Å²) in [4.78, 5) is 14.5. The van der Waals surface area contributed by atoms with E-state index in [1.54, 1.807) is 0 Å². The summed E-state index contributed by atoms with van der Waals surface area (Å²) in [6.07, 6.45) is 4.43. The molecule has 0 radical (unpaired) electrons. The molecule has 124 valence electrons. The lowest BCUT2D eigenvalue weighted by atomic mass is 10.1. The van der Waals surface area contributed by atoms with Crippen LogP contribution >= 0.6 is 0 Å². The van der Waals surface area contributed by atoms with Gasteiger partial charge in [0, 0.05) is 13.2 Å². The number of carbonyl (C=O) groups is 1. The van der Waals surface area contributed by atoms with Crippen LogP contribution in [-0.2, 0) is 9.53 Å². The van der Waals surface area contributed by atoms with Crippen LogP contribution in [0.3, 0.4) is 0 Å². The molecule has 4 nitrogen and oxygen atoms in total. The summed E-state index contributed by atoms with van der Waals surface area (Å²) in [6.45, 7) is 13.0. The first-order chi connectivity index (χ1) is 9.97. The second-order valence-electron chi connectivity index (χ2n) is 6.88. The van der Waals surface area contributed by atoms with Crippen LogP contribution in [0, 0.1) is 11.8 Å². The first-order valence-corrected chi connectivity index (χ1v) is 8.61. The largest absolute Gasteiger partial charge is 0.380 e. The van der Waals surface area contributed by atoms with Gasteiger partial charge in [0.15, 0.2) is 0 Å². The van der Waals surface area contributed by atoms with Crippen molar-refractivity contribution < 1.29 is 9.53 Å². The molecular weight excluding hydrogens is 264 g/mol. The Morgan fingerprint density at radius 2 is 1.95 bits per heavy atom. The van der Waals surface area contributed by atoms with E-state index >= 15 is 0 Å². The van der Waals surface area contributed by atoms with E-state index in [2.05, 4.69) is 39.9 Å². The van der Waals surface area contributed by atoms with Gasteiger partial charge in [-0.25, -0.2) is 0 Å². The molecule has 2 unspecified atom stereocenters. The van der Waals surface area contributed by atoms with Crippen molar-refractivity contribution in [3.63, 3.8) is 0 Å². The fraction of sp³-hybridized carbons (Fsp3) is 0.941. The summed E-state index contributed by atoms with van der Waals surface area (Å²) in [6, 6.07) is 0.00742. The van der Waals surface area contributed by atoms with Crippen LogP contribution in [0.25, 0.3) is 0 Å². The van der Waals surface area contributed by atoms with Crippen molar-refractivity contribution in [2.24, 2.45) is 11.8 Å². The van der Waals surface area contributed by atoms with Crippen molar-refractivity contribution in [2.75, 3.05) is 19.8 Å². The maximum absolute atomic E-state index is 12.5. The number of hydrogen-bond acceptors (Lipinski definition) is 3. The van der Waals surface area contributed by atoms with Gasteiger partial charge in [-0.15, -0.1) is 0 Å². The fourth-order valence-corrected chi connectivity index (χ4v) is 2.71. The zero-order chi connectivity index (χ0) is 15.8. The van der Waals surface area contributed by atoms with Gasteiger partial charge in [-0.2, -0.15) is 0 Å². The second kappa shape index (κ2) is 9.42. The number of amides is 1. The van der Waals surface area contributed by atoms with Gasteiger partial charge >= 0.3 is 0 Å². The summed E-state index contributed by atoms with van der Waals surface area (Å²) in [5.41, 5.74) is 0. The predicted octanol–water partition coefficient (Wildman–Crippen LogP) is 3.02. The Bertz CT molecular complexity index is 305. The zero-order valence-corrected chi connectivity index (χ0v) is 14.5. The van der Waals surface area contributed by atoms with Crippen LogP contribution in [0.2, 0.25) is 0 Å². The Kier molecular flexibility index (Phi) is 8.27. The SMILES string of the molecule is CCCCC1NC(C(C)C)N(CCOCCC(C)C)C1=O. The molecule has 0 aromatic carbocycles. The van der Waals surface area contributed by atoms with Crippen molar-refractivity contribution in [3.8, 4) is 0 Å². The Morgan fingerprint density at radius 1 is 1.24 bits per heavy atom. The highest BCUT2D eigenvalue weighted by molar-refractivity contribution is 5.84.